The molecule has 0 saturated carbocycles. The Morgan fingerprint density at radius 3 is 2.67 bits per heavy atom. The summed E-state index contributed by atoms with van der Waals surface area (Å²) >= 11 is 6.06. The highest BCUT2D eigenvalue weighted by Gasteiger charge is 2.10. The monoisotopic (exact) mass is 264 g/mol. The highest BCUT2D eigenvalue weighted by molar-refractivity contribution is 6.18. The molecular formula is C15H17ClO2. The van der Waals surface area contributed by atoms with E-state index >= 15 is 0 Å². The molecule has 0 spiro atoms. The van der Waals surface area contributed by atoms with Crippen LogP contribution in [-0.4, -0.2) is 19.8 Å². The van der Waals surface area contributed by atoms with Crippen LogP contribution in [-0.2, 0) is 10.6 Å². The molecule has 18 heavy (non-hydrogen) atoms. The molecule has 0 fully saturated rings. The minimum Gasteiger partial charge on any atom is -0.488 e. The highest BCUT2D eigenvalue weighted by atomic mass is 35.5. The van der Waals surface area contributed by atoms with E-state index in [2.05, 4.69) is 18.2 Å². The van der Waals surface area contributed by atoms with Crippen molar-refractivity contribution in [3.05, 3.63) is 42.0 Å². The third-order valence-corrected chi connectivity index (χ3v) is 3.13. The van der Waals surface area contributed by atoms with Gasteiger partial charge in [0.15, 0.2) is 0 Å². The summed E-state index contributed by atoms with van der Waals surface area (Å²) in [6.07, 6.45) is 0.0122. The lowest BCUT2D eigenvalue weighted by Crippen LogP contribution is -2.18. The van der Waals surface area contributed by atoms with E-state index in [1.807, 2.05) is 25.1 Å². The fourth-order valence-corrected chi connectivity index (χ4v) is 2.33. The zero-order valence-electron chi connectivity index (χ0n) is 10.7. The van der Waals surface area contributed by atoms with Crippen LogP contribution in [0.3, 0.4) is 0 Å². The van der Waals surface area contributed by atoms with Gasteiger partial charge in [-0.05, 0) is 23.8 Å². The third-order valence-electron chi connectivity index (χ3n) is 2.86. The number of rotatable bonds is 5. The van der Waals surface area contributed by atoms with E-state index in [9.17, 15) is 0 Å². The second kappa shape index (κ2) is 6.07. The molecule has 0 amide bonds. The number of halogens is 1. The predicted octanol–water partition coefficient (Wildman–Crippen LogP) is 3.99. The van der Waals surface area contributed by atoms with Gasteiger partial charge in [0.2, 0.25) is 0 Å². The van der Waals surface area contributed by atoms with Crippen molar-refractivity contribution in [2.75, 3.05) is 13.7 Å². The maximum Gasteiger partial charge on any atom is 0.124 e. The smallest absolute Gasteiger partial charge is 0.124 e. The first-order valence-corrected chi connectivity index (χ1v) is 6.52. The van der Waals surface area contributed by atoms with E-state index in [1.165, 1.54) is 5.39 Å². The maximum atomic E-state index is 6.06. The van der Waals surface area contributed by atoms with Gasteiger partial charge in [0.05, 0.1) is 12.5 Å². The summed E-state index contributed by atoms with van der Waals surface area (Å²) in [6, 6.07) is 12.2. The molecule has 2 aromatic carbocycles. The zero-order chi connectivity index (χ0) is 13.0. The van der Waals surface area contributed by atoms with E-state index in [1.54, 1.807) is 7.11 Å². The number of ether oxygens (including phenoxy) is 2. The molecule has 0 aliphatic carbocycles. The van der Waals surface area contributed by atoms with Crippen LogP contribution in [0.5, 0.6) is 5.75 Å². The summed E-state index contributed by atoms with van der Waals surface area (Å²) in [5, 5.41) is 2.33. The van der Waals surface area contributed by atoms with Gasteiger partial charge < -0.3 is 9.47 Å². The lowest BCUT2D eigenvalue weighted by atomic mass is 10.0. The fraction of sp³-hybridized carbons (Fsp3) is 0.333. The van der Waals surface area contributed by atoms with Crippen LogP contribution in [0.4, 0.5) is 0 Å². The van der Waals surface area contributed by atoms with Gasteiger partial charge in [-0.3, -0.25) is 0 Å². The number of alkyl halides is 1. The van der Waals surface area contributed by atoms with Crippen molar-refractivity contribution in [2.24, 2.45) is 0 Å². The van der Waals surface area contributed by atoms with Crippen LogP contribution in [0.25, 0.3) is 10.8 Å². The number of fused-ring (bicyclic) bond motifs is 1. The van der Waals surface area contributed by atoms with Crippen LogP contribution < -0.4 is 4.74 Å². The molecule has 0 saturated heterocycles. The van der Waals surface area contributed by atoms with Crippen LogP contribution in [0, 0.1) is 0 Å². The van der Waals surface area contributed by atoms with Gasteiger partial charge in [-0.1, -0.05) is 30.3 Å². The zero-order valence-corrected chi connectivity index (χ0v) is 11.4. The van der Waals surface area contributed by atoms with Gasteiger partial charge in [-0.2, -0.15) is 0 Å². The third kappa shape index (κ3) is 2.77. The lowest BCUT2D eigenvalue weighted by molar-refractivity contribution is 0.0917. The van der Waals surface area contributed by atoms with Gasteiger partial charge in [0.25, 0.3) is 0 Å². The summed E-state index contributed by atoms with van der Waals surface area (Å²) in [5.74, 6) is 1.28. The second-order valence-corrected chi connectivity index (χ2v) is 4.55. The normalized spacial score (nSPS) is 12.6. The molecule has 1 unspecified atom stereocenters. The number of hydrogen-bond acceptors (Lipinski definition) is 2. The quantitative estimate of drug-likeness (QED) is 0.760. The molecule has 2 aromatic rings. The van der Waals surface area contributed by atoms with E-state index in [-0.39, 0.29) is 6.10 Å². The second-order valence-electron chi connectivity index (χ2n) is 4.28. The van der Waals surface area contributed by atoms with Crippen molar-refractivity contribution in [1.29, 1.82) is 0 Å². The number of hydrogen-bond donors (Lipinski definition) is 0. The van der Waals surface area contributed by atoms with Crippen molar-refractivity contribution in [1.82, 2.24) is 0 Å². The van der Waals surface area contributed by atoms with Crippen molar-refractivity contribution in [3.63, 3.8) is 0 Å². The molecule has 0 aliphatic rings. The lowest BCUT2D eigenvalue weighted by Gasteiger charge is -2.17. The van der Waals surface area contributed by atoms with Crippen molar-refractivity contribution in [3.8, 4) is 5.75 Å². The Morgan fingerprint density at radius 1 is 1.17 bits per heavy atom. The molecule has 0 heterocycles. The summed E-state index contributed by atoms with van der Waals surface area (Å²) in [7, 11) is 1.67. The summed E-state index contributed by atoms with van der Waals surface area (Å²) in [4.78, 5) is 0. The SMILES string of the molecule is COCC(C)Oc1ccc2ccccc2c1CCl. The summed E-state index contributed by atoms with van der Waals surface area (Å²) in [5.41, 5.74) is 1.04. The molecule has 0 aliphatic heterocycles. The standard InChI is InChI=1S/C15H17ClO2/c1-11(10-17-2)18-15-8-7-12-5-3-4-6-13(12)14(15)9-16/h3-8,11H,9-10H2,1-2H3. The predicted molar refractivity (Wildman–Crippen MR) is 75.5 cm³/mol. The largest absolute Gasteiger partial charge is 0.488 e. The Hall–Kier alpha value is -1.25. The Kier molecular flexibility index (Phi) is 4.45. The Morgan fingerprint density at radius 2 is 1.94 bits per heavy atom. The van der Waals surface area contributed by atoms with E-state index < -0.39 is 0 Å². The number of methoxy groups -OCH3 is 1. The average molecular weight is 265 g/mol. The molecule has 96 valence electrons. The van der Waals surface area contributed by atoms with Gasteiger partial charge >= 0.3 is 0 Å². The van der Waals surface area contributed by atoms with Gasteiger partial charge in [0.1, 0.15) is 11.9 Å². The molecule has 0 radical (unpaired) electrons. The molecule has 2 rings (SSSR count). The summed E-state index contributed by atoms with van der Waals surface area (Å²) < 4.78 is 11.0. The molecule has 3 heteroatoms. The summed E-state index contributed by atoms with van der Waals surface area (Å²) in [6.45, 7) is 2.55. The fourth-order valence-electron chi connectivity index (χ4n) is 2.05. The van der Waals surface area contributed by atoms with Crippen molar-refractivity contribution in [2.45, 2.75) is 18.9 Å². The molecular weight excluding hydrogens is 248 g/mol. The van der Waals surface area contributed by atoms with Gasteiger partial charge in [0, 0.05) is 12.7 Å². The first-order valence-electron chi connectivity index (χ1n) is 5.98. The molecule has 1 atom stereocenters. The molecule has 2 nitrogen and oxygen atoms in total. The molecule has 0 N–H and O–H groups in total. The Labute approximate surface area is 112 Å². The minimum absolute atomic E-state index is 0.0122. The highest BCUT2D eigenvalue weighted by Crippen LogP contribution is 2.30. The van der Waals surface area contributed by atoms with E-state index in [0.717, 1.165) is 16.7 Å². The van der Waals surface area contributed by atoms with Crippen LogP contribution >= 0.6 is 11.6 Å². The van der Waals surface area contributed by atoms with Crippen molar-refractivity contribution >= 4 is 22.4 Å². The van der Waals surface area contributed by atoms with Gasteiger partial charge in [-0.25, -0.2) is 0 Å². The maximum absolute atomic E-state index is 6.06. The van der Waals surface area contributed by atoms with E-state index in [0.29, 0.717) is 12.5 Å². The Bertz CT molecular complexity index is 525. The van der Waals surface area contributed by atoms with Crippen molar-refractivity contribution < 1.29 is 9.47 Å². The number of benzene rings is 2. The van der Waals surface area contributed by atoms with Crippen LogP contribution in [0.15, 0.2) is 36.4 Å². The van der Waals surface area contributed by atoms with Crippen LogP contribution in [0.1, 0.15) is 12.5 Å². The molecule has 0 aromatic heterocycles. The molecule has 0 bridgehead atoms. The first-order chi connectivity index (χ1) is 8.76. The topological polar surface area (TPSA) is 18.5 Å². The van der Waals surface area contributed by atoms with Gasteiger partial charge in [-0.15, -0.1) is 11.6 Å². The minimum atomic E-state index is 0.0122. The van der Waals surface area contributed by atoms with Crippen LogP contribution in [0.2, 0.25) is 0 Å². The average Bonchev–Trinajstić information content (AvgIpc) is 2.38. The first kappa shape index (κ1) is 13.2. The Balaban J connectivity index is 2.38. The van der Waals surface area contributed by atoms with E-state index in [4.69, 9.17) is 21.1 Å².